The second-order valence-corrected chi connectivity index (χ2v) is 4.83. The lowest BCUT2D eigenvalue weighted by Gasteiger charge is -2.14. The van der Waals surface area contributed by atoms with Gasteiger partial charge >= 0.3 is 0 Å². The van der Waals surface area contributed by atoms with Crippen LogP contribution < -0.4 is 10.5 Å². The van der Waals surface area contributed by atoms with Crippen LogP contribution in [-0.2, 0) is 4.74 Å². The number of hydrogen-bond acceptors (Lipinski definition) is 3. The summed E-state index contributed by atoms with van der Waals surface area (Å²) in [5.74, 6) is 0.933. The molecule has 1 aromatic rings. The first-order valence-electron chi connectivity index (χ1n) is 6.24. The molecule has 1 aliphatic rings. The highest BCUT2D eigenvalue weighted by Crippen LogP contribution is 2.21. The van der Waals surface area contributed by atoms with E-state index >= 15 is 0 Å². The second-order valence-electron chi connectivity index (χ2n) is 4.83. The van der Waals surface area contributed by atoms with Crippen LogP contribution in [0.1, 0.15) is 24.0 Å². The molecule has 17 heavy (non-hydrogen) atoms. The van der Waals surface area contributed by atoms with Crippen LogP contribution in [0.2, 0.25) is 0 Å². The molecule has 1 fully saturated rings. The summed E-state index contributed by atoms with van der Waals surface area (Å²) in [7, 11) is 0. The van der Waals surface area contributed by atoms with Crippen LogP contribution >= 0.6 is 0 Å². The van der Waals surface area contributed by atoms with Crippen molar-refractivity contribution in [2.45, 2.75) is 38.9 Å². The van der Waals surface area contributed by atoms with Gasteiger partial charge in [-0.05, 0) is 49.9 Å². The van der Waals surface area contributed by atoms with Gasteiger partial charge in [-0.25, -0.2) is 0 Å². The maximum atomic E-state index is 5.78. The third kappa shape index (κ3) is 3.45. The van der Waals surface area contributed by atoms with Crippen molar-refractivity contribution in [3.8, 4) is 5.75 Å². The Balaban J connectivity index is 1.85. The topological polar surface area (TPSA) is 44.5 Å². The minimum atomic E-state index is 0.198. The minimum Gasteiger partial charge on any atom is -0.491 e. The highest BCUT2D eigenvalue weighted by molar-refractivity contribution is 5.32. The molecule has 94 valence electrons. The molecule has 1 aliphatic heterocycles. The molecule has 0 aliphatic carbocycles. The van der Waals surface area contributed by atoms with Crippen LogP contribution in [0.3, 0.4) is 0 Å². The molecule has 3 heteroatoms. The molecule has 0 radical (unpaired) electrons. The number of benzene rings is 1. The molecule has 0 aromatic heterocycles. The average molecular weight is 235 g/mol. The van der Waals surface area contributed by atoms with E-state index in [9.17, 15) is 0 Å². The first-order valence-corrected chi connectivity index (χ1v) is 6.24. The predicted octanol–water partition coefficient (Wildman–Crippen LogP) is 2.19. The van der Waals surface area contributed by atoms with Crippen LogP contribution in [0, 0.1) is 13.8 Å². The van der Waals surface area contributed by atoms with E-state index in [4.69, 9.17) is 15.2 Å². The van der Waals surface area contributed by atoms with E-state index in [0.717, 1.165) is 18.6 Å². The van der Waals surface area contributed by atoms with Crippen molar-refractivity contribution >= 4 is 0 Å². The van der Waals surface area contributed by atoms with Crippen LogP contribution in [0.4, 0.5) is 0 Å². The number of ether oxygens (including phenoxy) is 2. The molecule has 1 heterocycles. The van der Waals surface area contributed by atoms with E-state index in [1.165, 1.54) is 11.1 Å². The molecule has 3 nitrogen and oxygen atoms in total. The molecule has 0 bridgehead atoms. The van der Waals surface area contributed by atoms with Gasteiger partial charge in [-0.3, -0.25) is 0 Å². The maximum absolute atomic E-state index is 5.78. The van der Waals surface area contributed by atoms with Gasteiger partial charge in [0.25, 0.3) is 0 Å². The maximum Gasteiger partial charge on any atom is 0.119 e. The van der Waals surface area contributed by atoms with Gasteiger partial charge in [0.15, 0.2) is 0 Å². The van der Waals surface area contributed by atoms with Gasteiger partial charge in [0, 0.05) is 6.54 Å². The van der Waals surface area contributed by atoms with Crippen LogP contribution in [-0.4, -0.2) is 25.4 Å². The average Bonchev–Trinajstić information content (AvgIpc) is 2.73. The van der Waals surface area contributed by atoms with Crippen molar-refractivity contribution in [1.29, 1.82) is 0 Å². The fourth-order valence-corrected chi connectivity index (χ4v) is 2.28. The van der Waals surface area contributed by atoms with Gasteiger partial charge in [0.2, 0.25) is 0 Å². The number of rotatable bonds is 4. The van der Waals surface area contributed by atoms with E-state index in [1.807, 2.05) is 0 Å². The highest BCUT2D eigenvalue weighted by Gasteiger charge is 2.24. The van der Waals surface area contributed by atoms with Crippen molar-refractivity contribution in [3.05, 3.63) is 29.3 Å². The van der Waals surface area contributed by atoms with Crippen LogP contribution in [0.15, 0.2) is 18.2 Å². The molecule has 0 saturated carbocycles. The molecule has 0 spiro atoms. The summed E-state index contributed by atoms with van der Waals surface area (Å²) in [6, 6.07) is 6.26. The highest BCUT2D eigenvalue weighted by atomic mass is 16.5. The van der Waals surface area contributed by atoms with E-state index < -0.39 is 0 Å². The van der Waals surface area contributed by atoms with E-state index in [1.54, 1.807) is 0 Å². The molecular weight excluding hydrogens is 214 g/mol. The molecule has 2 rings (SSSR count). The summed E-state index contributed by atoms with van der Waals surface area (Å²) in [6.45, 7) is 5.40. The van der Waals surface area contributed by atoms with Gasteiger partial charge in [-0.2, -0.15) is 0 Å². The van der Waals surface area contributed by atoms with Gasteiger partial charge in [0.05, 0.1) is 12.2 Å². The third-order valence-electron chi connectivity index (χ3n) is 3.09. The van der Waals surface area contributed by atoms with Crippen molar-refractivity contribution in [3.63, 3.8) is 0 Å². The fraction of sp³-hybridized carbons (Fsp3) is 0.571. The summed E-state index contributed by atoms with van der Waals surface area (Å²) >= 11 is 0. The van der Waals surface area contributed by atoms with Gasteiger partial charge in [-0.15, -0.1) is 0 Å². The van der Waals surface area contributed by atoms with Crippen LogP contribution in [0.5, 0.6) is 5.75 Å². The predicted molar refractivity (Wildman–Crippen MR) is 68.4 cm³/mol. The zero-order chi connectivity index (χ0) is 12.3. The SMILES string of the molecule is Cc1cc(C)cc(OCC2CCC(CN)O2)c1. The third-order valence-corrected chi connectivity index (χ3v) is 3.09. The van der Waals surface area contributed by atoms with E-state index in [0.29, 0.717) is 13.2 Å². The molecule has 1 saturated heterocycles. The van der Waals surface area contributed by atoms with E-state index in [2.05, 4.69) is 32.0 Å². The number of nitrogens with two attached hydrogens (primary N) is 1. The molecular formula is C14H21NO2. The molecule has 2 N–H and O–H groups in total. The summed E-state index contributed by atoms with van der Waals surface area (Å²) in [6.07, 6.45) is 2.52. The Morgan fingerprint density at radius 1 is 1.18 bits per heavy atom. The lowest BCUT2D eigenvalue weighted by molar-refractivity contribution is 0.0222. The number of hydrogen-bond donors (Lipinski definition) is 1. The summed E-state index contributed by atoms with van der Waals surface area (Å²) in [5, 5.41) is 0. The summed E-state index contributed by atoms with van der Waals surface area (Å²) in [4.78, 5) is 0. The lowest BCUT2D eigenvalue weighted by atomic mass is 10.1. The van der Waals surface area contributed by atoms with Crippen molar-refractivity contribution < 1.29 is 9.47 Å². The number of aryl methyl sites for hydroxylation is 2. The molecule has 2 unspecified atom stereocenters. The molecule has 0 amide bonds. The van der Waals surface area contributed by atoms with Crippen molar-refractivity contribution in [1.82, 2.24) is 0 Å². The normalized spacial score (nSPS) is 23.9. The van der Waals surface area contributed by atoms with Gasteiger partial charge in [0.1, 0.15) is 12.4 Å². The van der Waals surface area contributed by atoms with E-state index in [-0.39, 0.29) is 12.2 Å². The first-order chi connectivity index (χ1) is 8.17. The lowest BCUT2D eigenvalue weighted by Crippen LogP contribution is -2.23. The largest absolute Gasteiger partial charge is 0.491 e. The molecule has 2 atom stereocenters. The Hall–Kier alpha value is -1.06. The second kappa shape index (κ2) is 5.52. The zero-order valence-electron chi connectivity index (χ0n) is 10.6. The van der Waals surface area contributed by atoms with Gasteiger partial charge in [-0.1, -0.05) is 6.07 Å². The first kappa shape index (κ1) is 12.4. The molecule has 1 aromatic carbocycles. The Labute approximate surface area is 103 Å². The summed E-state index contributed by atoms with van der Waals surface area (Å²) < 4.78 is 11.5. The van der Waals surface area contributed by atoms with Crippen LogP contribution in [0.25, 0.3) is 0 Å². The Kier molecular flexibility index (Phi) is 4.02. The Morgan fingerprint density at radius 3 is 2.41 bits per heavy atom. The summed E-state index contributed by atoms with van der Waals surface area (Å²) in [5.41, 5.74) is 8.03. The Bertz CT molecular complexity index is 358. The van der Waals surface area contributed by atoms with Crippen molar-refractivity contribution in [2.24, 2.45) is 5.73 Å². The Morgan fingerprint density at radius 2 is 1.82 bits per heavy atom. The van der Waals surface area contributed by atoms with Gasteiger partial charge < -0.3 is 15.2 Å². The van der Waals surface area contributed by atoms with Crippen molar-refractivity contribution in [2.75, 3.05) is 13.2 Å². The monoisotopic (exact) mass is 235 g/mol. The minimum absolute atomic E-state index is 0.198. The quantitative estimate of drug-likeness (QED) is 0.870. The zero-order valence-corrected chi connectivity index (χ0v) is 10.6. The standard InChI is InChI=1S/C14H21NO2/c1-10-5-11(2)7-14(6-10)16-9-13-4-3-12(8-15)17-13/h5-7,12-13H,3-4,8-9,15H2,1-2H3. The smallest absolute Gasteiger partial charge is 0.119 e. The fourth-order valence-electron chi connectivity index (χ4n) is 2.28.